The van der Waals surface area contributed by atoms with E-state index in [1.807, 2.05) is 12.1 Å². The van der Waals surface area contributed by atoms with Gasteiger partial charge in [0.25, 0.3) is 5.56 Å². The van der Waals surface area contributed by atoms with Crippen LogP contribution in [0.25, 0.3) is 17.4 Å². The summed E-state index contributed by atoms with van der Waals surface area (Å²) in [6, 6.07) is 16.0. The van der Waals surface area contributed by atoms with Crippen LogP contribution in [0.2, 0.25) is 0 Å². The Morgan fingerprint density at radius 3 is 2.69 bits per heavy atom. The fourth-order valence-electron chi connectivity index (χ4n) is 4.49. The summed E-state index contributed by atoms with van der Waals surface area (Å²) in [5, 5.41) is 11.2. The van der Waals surface area contributed by atoms with Crippen molar-refractivity contribution in [2.24, 2.45) is 4.99 Å². The molecule has 2 aromatic carbocycles. The lowest BCUT2D eigenvalue weighted by Crippen LogP contribution is -2.40. The third-order valence-corrected chi connectivity index (χ3v) is 7.22. The largest absolute Gasteiger partial charge is 0.545 e. The molecule has 2 aromatic heterocycles. The van der Waals surface area contributed by atoms with E-state index in [0.717, 1.165) is 0 Å². The van der Waals surface area contributed by atoms with E-state index in [9.17, 15) is 19.5 Å². The van der Waals surface area contributed by atoms with Gasteiger partial charge in [0.05, 0.1) is 35.5 Å². The molecule has 5 rings (SSSR count). The van der Waals surface area contributed by atoms with E-state index in [1.165, 1.54) is 35.1 Å². The molecule has 9 nitrogen and oxygen atoms in total. The Morgan fingerprint density at radius 1 is 1.15 bits per heavy atom. The van der Waals surface area contributed by atoms with Gasteiger partial charge in [-0.15, -0.1) is 0 Å². The first-order valence-electron chi connectivity index (χ1n) is 12.1. The van der Waals surface area contributed by atoms with E-state index in [1.54, 1.807) is 56.3 Å². The SMILES string of the molecule is CCOC(=O)C1=C(C)N=c2s/c(=C\c3ccc(-c4cccc(C(=O)[O-])c4)o3)c(=O)n2[C@H]1c1ccccc1OC. The van der Waals surface area contributed by atoms with Crippen molar-refractivity contribution in [2.75, 3.05) is 13.7 Å². The molecule has 0 unspecified atom stereocenters. The molecule has 10 heteroatoms. The normalized spacial score (nSPS) is 15.1. The van der Waals surface area contributed by atoms with Crippen molar-refractivity contribution in [1.29, 1.82) is 0 Å². The summed E-state index contributed by atoms with van der Waals surface area (Å²) in [5.74, 6) is -0.498. The van der Waals surface area contributed by atoms with E-state index in [4.69, 9.17) is 13.9 Å². The molecule has 198 valence electrons. The number of carboxylic acids is 1. The lowest BCUT2D eigenvalue weighted by atomic mass is 9.95. The number of aromatic nitrogens is 1. The number of carboxylic acid groups (broad SMARTS) is 1. The van der Waals surface area contributed by atoms with Gasteiger partial charge < -0.3 is 23.8 Å². The van der Waals surface area contributed by atoms with Gasteiger partial charge in [-0.25, -0.2) is 9.79 Å². The minimum Gasteiger partial charge on any atom is -0.545 e. The van der Waals surface area contributed by atoms with Crippen LogP contribution in [-0.4, -0.2) is 30.2 Å². The molecule has 0 radical (unpaired) electrons. The van der Waals surface area contributed by atoms with Crippen molar-refractivity contribution in [3.05, 3.63) is 109 Å². The number of hydrogen-bond acceptors (Lipinski definition) is 9. The number of methoxy groups -OCH3 is 1. The molecule has 1 aliphatic rings. The van der Waals surface area contributed by atoms with Crippen LogP contribution in [-0.2, 0) is 9.53 Å². The number of aromatic carboxylic acids is 1. The number of furan rings is 1. The van der Waals surface area contributed by atoms with Crippen LogP contribution < -0.4 is 24.7 Å². The van der Waals surface area contributed by atoms with Gasteiger partial charge in [-0.2, -0.15) is 0 Å². The Morgan fingerprint density at radius 2 is 1.95 bits per heavy atom. The Bertz CT molecular complexity index is 1810. The van der Waals surface area contributed by atoms with Gasteiger partial charge in [-0.3, -0.25) is 9.36 Å². The summed E-state index contributed by atoms with van der Waals surface area (Å²) in [6.45, 7) is 3.60. The Balaban J connectivity index is 1.64. The van der Waals surface area contributed by atoms with Gasteiger partial charge in [-0.1, -0.05) is 47.7 Å². The standard InChI is InChI=1S/C29H24N2O7S/c1-4-37-28(35)24-16(2)30-29-31(25(24)20-10-5-6-11-22(20)36-3)26(32)23(39-29)15-19-12-13-21(38-19)17-8-7-9-18(14-17)27(33)34/h5-15,25H,4H2,1-3H3,(H,33,34)/p-1/b23-15-/t25-/m0/s1. The zero-order valence-corrected chi connectivity index (χ0v) is 22.1. The monoisotopic (exact) mass is 543 g/mol. The van der Waals surface area contributed by atoms with Gasteiger partial charge in [-0.05, 0) is 43.7 Å². The van der Waals surface area contributed by atoms with E-state index < -0.39 is 18.0 Å². The van der Waals surface area contributed by atoms with Gasteiger partial charge >= 0.3 is 5.97 Å². The fourth-order valence-corrected chi connectivity index (χ4v) is 5.52. The molecule has 0 saturated carbocycles. The van der Waals surface area contributed by atoms with Gasteiger partial charge in [0.1, 0.15) is 23.3 Å². The average Bonchev–Trinajstić information content (AvgIpc) is 3.52. The van der Waals surface area contributed by atoms with Crippen LogP contribution >= 0.6 is 11.3 Å². The van der Waals surface area contributed by atoms with Crippen molar-refractivity contribution >= 4 is 29.4 Å². The molecule has 4 aromatic rings. The minimum atomic E-state index is -1.29. The highest BCUT2D eigenvalue weighted by Crippen LogP contribution is 2.35. The quantitative estimate of drug-likeness (QED) is 0.328. The molecule has 0 fully saturated rings. The van der Waals surface area contributed by atoms with E-state index in [-0.39, 0.29) is 23.3 Å². The van der Waals surface area contributed by atoms with Gasteiger partial charge in [0.2, 0.25) is 0 Å². The second-order valence-corrected chi connectivity index (χ2v) is 9.62. The molecular formula is C29H23N2O7S-. The van der Waals surface area contributed by atoms with Gasteiger partial charge in [0, 0.05) is 17.2 Å². The number of hydrogen-bond donors (Lipinski definition) is 0. The number of carbonyl (C=O) groups excluding carboxylic acids is 2. The maximum absolute atomic E-state index is 13.8. The van der Waals surface area contributed by atoms with Crippen LogP contribution in [0.5, 0.6) is 5.75 Å². The lowest BCUT2D eigenvalue weighted by Gasteiger charge is -2.25. The number of ether oxygens (including phenoxy) is 2. The molecule has 0 saturated heterocycles. The number of fused-ring (bicyclic) bond motifs is 1. The third kappa shape index (κ3) is 4.82. The predicted octanol–water partition coefficient (Wildman–Crippen LogP) is 2.43. The van der Waals surface area contributed by atoms with Crippen LogP contribution in [0.4, 0.5) is 0 Å². The highest BCUT2D eigenvalue weighted by atomic mass is 32.1. The summed E-state index contributed by atoms with van der Waals surface area (Å²) in [4.78, 5) is 43.1. The topological polar surface area (TPSA) is 123 Å². The van der Waals surface area contributed by atoms with Crippen molar-refractivity contribution < 1.29 is 28.6 Å². The second kappa shape index (κ2) is 10.6. The summed E-state index contributed by atoms with van der Waals surface area (Å²) in [7, 11) is 1.53. The molecule has 0 N–H and O–H groups in total. The first-order valence-corrected chi connectivity index (χ1v) is 12.9. The van der Waals surface area contributed by atoms with Crippen LogP contribution in [0.3, 0.4) is 0 Å². The van der Waals surface area contributed by atoms with E-state index >= 15 is 0 Å². The average molecular weight is 544 g/mol. The summed E-state index contributed by atoms with van der Waals surface area (Å²) < 4.78 is 18.6. The zero-order chi connectivity index (χ0) is 27.7. The number of benzene rings is 2. The number of nitrogens with zero attached hydrogens (tertiary/aromatic N) is 2. The maximum Gasteiger partial charge on any atom is 0.338 e. The molecule has 39 heavy (non-hydrogen) atoms. The first kappa shape index (κ1) is 25.9. The Hall–Kier alpha value is -4.70. The second-order valence-electron chi connectivity index (χ2n) is 8.61. The van der Waals surface area contributed by atoms with E-state index in [0.29, 0.717) is 43.4 Å². The highest BCUT2D eigenvalue weighted by molar-refractivity contribution is 7.07. The molecule has 0 aliphatic carbocycles. The number of rotatable bonds is 7. The number of para-hydroxylation sites is 1. The van der Waals surface area contributed by atoms with E-state index in [2.05, 4.69) is 4.99 Å². The number of allylic oxidation sites excluding steroid dienone is 1. The highest BCUT2D eigenvalue weighted by Gasteiger charge is 2.35. The molecule has 0 bridgehead atoms. The third-order valence-electron chi connectivity index (χ3n) is 6.23. The molecular weight excluding hydrogens is 520 g/mol. The molecule has 3 heterocycles. The lowest BCUT2D eigenvalue weighted by molar-refractivity contribution is -0.255. The van der Waals surface area contributed by atoms with Crippen LogP contribution in [0.1, 0.15) is 41.6 Å². The molecule has 0 spiro atoms. The Labute approximate surface area is 226 Å². The van der Waals surface area contributed by atoms with Crippen molar-refractivity contribution in [3.63, 3.8) is 0 Å². The first-order chi connectivity index (χ1) is 18.8. The van der Waals surface area contributed by atoms with Crippen LogP contribution in [0.15, 0.2) is 86.1 Å². The van der Waals surface area contributed by atoms with Gasteiger partial charge in [0.15, 0.2) is 4.80 Å². The van der Waals surface area contributed by atoms with Crippen molar-refractivity contribution in [3.8, 4) is 17.1 Å². The minimum absolute atomic E-state index is 0.0304. The Kier molecular flexibility index (Phi) is 7.03. The summed E-state index contributed by atoms with van der Waals surface area (Å²) >= 11 is 1.17. The van der Waals surface area contributed by atoms with Crippen molar-refractivity contribution in [1.82, 2.24) is 4.57 Å². The van der Waals surface area contributed by atoms with Crippen molar-refractivity contribution in [2.45, 2.75) is 19.9 Å². The summed E-state index contributed by atoms with van der Waals surface area (Å²) in [5.41, 5.74) is 1.56. The number of carbonyl (C=O) groups is 2. The number of thiazole rings is 1. The fraction of sp³-hybridized carbons (Fsp3) is 0.172. The smallest absolute Gasteiger partial charge is 0.338 e. The number of esters is 1. The zero-order valence-electron chi connectivity index (χ0n) is 21.3. The maximum atomic E-state index is 13.8. The van der Waals surface area contributed by atoms with Crippen LogP contribution in [0, 0.1) is 0 Å². The molecule has 0 amide bonds. The molecule has 1 aliphatic heterocycles. The molecule has 1 atom stereocenters. The predicted molar refractivity (Wildman–Crippen MR) is 142 cm³/mol. The summed E-state index contributed by atoms with van der Waals surface area (Å²) in [6.07, 6.45) is 1.60.